The Morgan fingerprint density at radius 2 is 1.71 bits per heavy atom. The molecule has 4 heteroatoms. The fourth-order valence-electron chi connectivity index (χ4n) is 3.49. The molecule has 0 aromatic heterocycles. The van der Waals surface area contributed by atoms with E-state index in [1.165, 1.54) is 25.9 Å². The average molecular weight is 322 g/mol. The SMILES string of the molecule is C(=N\OC1CN2CCC1CC2)/c1ccccc1Oc1ccccc1. The largest absolute Gasteiger partial charge is 0.457 e. The molecule has 3 heterocycles. The molecule has 3 saturated heterocycles. The van der Waals surface area contributed by atoms with Gasteiger partial charge < -0.3 is 9.57 Å². The highest BCUT2D eigenvalue weighted by atomic mass is 16.6. The van der Waals surface area contributed by atoms with Gasteiger partial charge in [-0.15, -0.1) is 0 Å². The predicted octanol–water partition coefficient (Wildman–Crippen LogP) is 3.92. The molecule has 1 unspecified atom stereocenters. The first-order valence-electron chi connectivity index (χ1n) is 8.62. The summed E-state index contributed by atoms with van der Waals surface area (Å²) in [7, 11) is 0. The lowest BCUT2D eigenvalue weighted by atomic mass is 9.86. The molecule has 1 atom stereocenters. The fourth-order valence-corrected chi connectivity index (χ4v) is 3.49. The molecule has 5 rings (SSSR count). The van der Waals surface area contributed by atoms with Crippen LogP contribution < -0.4 is 4.74 Å². The van der Waals surface area contributed by atoms with Crippen LogP contribution in [0.5, 0.6) is 11.5 Å². The van der Waals surface area contributed by atoms with E-state index in [0.717, 1.165) is 23.6 Å². The number of benzene rings is 2. The van der Waals surface area contributed by atoms with E-state index in [-0.39, 0.29) is 6.10 Å². The molecule has 0 radical (unpaired) electrons. The highest BCUT2D eigenvalue weighted by molar-refractivity contribution is 5.83. The Hall–Kier alpha value is -2.33. The Kier molecular flexibility index (Phi) is 4.47. The van der Waals surface area contributed by atoms with Crippen LogP contribution in [-0.2, 0) is 4.84 Å². The Bertz CT molecular complexity index is 694. The summed E-state index contributed by atoms with van der Waals surface area (Å²) in [4.78, 5) is 8.26. The normalized spacial score (nSPS) is 25.8. The van der Waals surface area contributed by atoms with Crippen LogP contribution >= 0.6 is 0 Å². The van der Waals surface area contributed by atoms with Crippen molar-refractivity contribution in [1.82, 2.24) is 4.90 Å². The van der Waals surface area contributed by atoms with Crippen LogP contribution in [0.2, 0.25) is 0 Å². The summed E-state index contributed by atoms with van der Waals surface area (Å²) in [5.74, 6) is 2.25. The molecule has 4 nitrogen and oxygen atoms in total. The van der Waals surface area contributed by atoms with Gasteiger partial charge in [-0.3, -0.25) is 4.90 Å². The molecule has 3 aliphatic rings. The van der Waals surface area contributed by atoms with Crippen LogP contribution in [0.25, 0.3) is 0 Å². The zero-order valence-electron chi connectivity index (χ0n) is 13.7. The number of nitrogens with zero attached hydrogens (tertiary/aromatic N) is 2. The number of piperidine rings is 3. The van der Waals surface area contributed by atoms with E-state index in [1.807, 2.05) is 54.6 Å². The Morgan fingerprint density at radius 1 is 0.958 bits per heavy atom. The van der Waals surface area contributed by atoms with Crippen molar-refractivity contribution >= 4 is 6.21 Å². The summed E-state index contributed by atoms with van der Waals surface area (Å²) < 4.78 is 5.95. The van der Waals surface area contributed by atoms with Crippen molar-refractivity contribution in [1.29, 1.82) is 0 Å². The van der Waals surface area contributed by atoms with E-state index in [1.54, 1.807) is 6.21 Å². The zero-order valence-corrected chi connectivity index (χ0v) is 13.7. The van der Waals surface area contributed by atoms with Gasteiger partial charge in [0.1, 0.15) is 17.6 Å². The average Bonchev–Trinajstić information content (AvgIpc) is 2.65. The van der Waals surface area contributed by atoms with Crippen molar-refractivity contribution in [3.8, 4) is 11.5 Å². The van der Waals surface area contributed by atoms with E-state index < -0.39 is 0 Å². The van der Waals surface area contributed by atoms with E-state index in [4.69, 9.17) is 9.57 Å². The molecule has 0 saturated carbocycles. The number of para-hydroxylation sites is 2. The number of hydrogen-bond donors (Lipinski definition) is 0. The molecule has 2 aromatic carbocycles. The minimum Gasteiger partial charge on any atom is -0.457 e. The minimum atomic E-state index is 0.228. The van der Waals surface area contributed by atoms with Crippen LogP contribution in [0, 0.1) is 5.92 Å². The van der Waals surface area contributed by atoms with Crippen molar-refractivity contribution in [2.45, 2.75) is 18.9 Å². The predicted molar refractivity (Wildman–Crippen MR) is 94.6 cm³/mol. The van der Waals surface area contributed by atoms with Gasteiger partial charge in [-0.1, -0.05) is 35.5 Å². The fraction of sp³-hybridized carbons (Fsp3) is 0.350. The third kappa shape index (κ3) is 3.44. The molecule has 3 fully saturated rings. The summed E-state index contributed by atoms with van der Waals surface area (Å²) >= 11 is 0. The summed E-state index contributed by atoms with van der Waals surface area (Å²) in [6.07, 6.45) is 4.45. The quantitative estimate of drug-likeness (QED) is 0.618. The smallest absolute Gasteiger partial charge is 0.143 e. The minimum absolute atomic E-state index is 0.228. The number of rotatable bonds is 5. The van der Waals surface area contributed by atoms with E-state index in [2.05, 4.69) is 10.1 Å². The highest BCUT2D eigenvalue weighted by Gasteiger charge is 2.35. The molecule has 2 bridgehead atoms. The van der Waals surface area contributed by atoms with E-state index in [9.17, 15) is 0 Å². The van der Waals surface area contributed by atoms with Crippen molar-refractivity contribution in [3.63, 3.8) is 0 Å². The topological polar surface area (TPSA) is 34.1 Å². The second-order valence-electron chi connectivity index (χ2n) is 6.47. The van der Waals surface area contributed by atoms with E-state index >= 15 is 0 Å². The number of fused-ring (bicyclic) bond motifs is 3. The summed E-state index contributed by atoms with van der Waals surface area (Å²) in [6, 6.07) is 17.7. The first-order valence-corrected chi connectivity index (χ1v) is 8.62. The molecule has 124 valence electrons. The third-order valence-corrected chi connectivity index (χ3v) is 4.87. The van der Waals surface area contributed by atoms with Gasteiger partial charge in [0.05, 0.1) is 6.21 Å². The first-order chi connectivity index (χ1) is 11.9. The van der Waals surface area contributed by atoms with Crippen molar-refractivity contribution in [2.75, 3.05) is 19.6 Å². The van der Waals surface area contributed by atoms with Crippen LogP contribution in [0.4, 0.5) is 0 Å². The van der Waals surface area contributed by atoms with Gasteiger partial charge in [0, 0.05) is 18.0 Å². The van der Waals surface area contributed by atoms with Crippen LogP contribution in [0.3, 0.4) is 0 Å². The Labute approximate surface area is 142 Å². The molecule has 0 amide bonds. The maximum atomic E-state index is 5.95. The summed E-state index contributed by atoms with van der Waals surface area (Å²) in [6.45, 7) is 3.42. The third-order valence-electron chi connectivity index (χ3n) is 4.87. The lowest BCUT2D eigenvalue weighted by Gasteiger charge is -2.42. The van der Waals surface area contributed by atoms with Crippen LogP contribution in [0.1, 0.15) is 18.4 Å². The summed E-state index contributed by atoms with van der Waals surface area (Å²) in [5, 5.41) is 4.25. The van der Waals surface area contributed by atoms with Crippen LogP contribution in [0.15, 0.2) is 59.8 Å². The molecule has 2 aromatic rings. The van der Waals surface area contributed by atoms with Gasteiger partial charge in [-0.2, -0.15) is 0 Å². The molecule has 24 heavy (non-hydrogen) atoms. The highest BCUT2D eigenvalue weighted by Crippen LogP contribution is 2.30. The molecule has 0 N–H and O–H groups in total. The number of ether oxygens (including phenoxy) is 1. The zero-order chi connectivity index (χ0) is 16.2. The van der Waals surface area contributed by atoms with Crippen LogP contribution in [-0.4, -0.2) is 36.9 Å². The van der Waals surface area contributed by atoms with Crippen molar-refractivity contribution < 1.29 is 9.57 Å². The Morgan fingerprint density at radius 3 is 2.46 bits per heavy atom. The number of hydrogen-bond acceptors (Lipinski definition) is 4. The molecular weight excluding hydrogens is 300 g/mol. The summed E-state index contributed by atoms with van der Waals surface area (Å²) in [5.41, 5.74) is 0.919. The maximum absolute atomic E-state index is 5.95. The standard InChI is InChI=1S/C20H22N2O2/c1-2-7-18(8-3-1)23-19-9-5-4-6-17(19)14-21-24-20-15-22-12-10-16(20)11-13-22/h1-9,14,16,20H,10-13,15H2/b21-14+. The Balaban J connectivity index is 1.43. The van der Waals surface area contributed by atoms with Gasteiger partial charge in [0.15, 0.2) is 0 Å². The van der Waals surface area contributed by atoms with Gasteiger partial charge in [0.25, 0.3) is 0 Å². The van der Waals surface area contributed by atoms with Gasteiger partial charge in [-0.05, 0) is 50.2 Å². The number of oxime groups is 1. The maximum Gasteiger partial charge on any atom is 0.143 e. The second-order valence-corrected chi connectivity index (χ2v) is 6.47. The second kappa shape index (κ2) is 7.05. The van der Waals surface area contributed by atoms with Gasteiger partial charge in [0.2, 0.25) is 0 Å². The van der Waals surface area contributed by atoms with Gasteiger partial charge >= 0.3 is 0 Å². The van der Waals surface area contributed by atoms with Crippen molar-refractivity contribution in [3.05, 3.63) is 60.2 Å². The molecule has 3 aliphatic heterocycles. The van der Waals surface area contributed by atoms with Gasteiger partial charge in [-0.25, -0.2) is 0 Å². The van der Waals surface area contributed by atoms with E-state index in [0.29, 0.717) is 5.92 Å². The lowest BCUT2D eigenvalue weighted by molar-refractivity contribution is -0.0675. The molecule has 0 aliphatic carbocycles. The lowest BCUT2D eigenvalue weighted by Crippen LogP contribution is -2.50. The first kappa shape index (κ1) is 15.2. The monoisotopic (exact) mass is 322 g/mol. The molecular formula is C20H22N2O2. The molecule has 0 spiro atoms. The van der Waals surface area contributed by atoms with Crippen molar-refractivity contribution in [2.24, 2.45) is 11.1 Å².